The summed E-state index contributed by atoms with van der Waals surface area (Å²) in [6, 6.07) is 11.0. The molecule has 0 bridgehead atoms. The number of pyridine rings is 1. The summed E-state index contributed by atoms with van der Waals surface area (Å²) in [6.45, 7) is 3.74. The molecule has 0 saturated carbocycles. The van der Waals surface area contributed by atoms with E-state index in [1.807, 2.05) is 17.0 Å². The molecular weight excluding hydrogens is 329 g/mol. The summed E-state index contributed by atoms with van der Waals surface area (Å²) in [5, 5.41) is 0. The van der Waals surface area contributed by atoms with Crippen molar-refractivity contribution in [3.63, 3.8) is 0 Å². The average molecular weight is 353 g/mol. The highest BCUT2D eigenvalue weighted by Gasteiger charge is 2.32. The Bertz CT molecular complexity index is 742. The number of hydrogen-bond donors (Lipinski definition) is 0. The minimum atomic E-state index is -0.171. The maximum Gasteiger partial charge on any atom is 0.253 e. The van der Waals surface area contributed by atoms with Crippen LogP contribution in [0.1, 0.15) is 41.1 Å². The molecule has 0 N–H and O–H groups in total. The molecule has 1 aromatic carbocycles. The number of carbonyl (C=O) groups is 1. The lowest BCUT2D eigenvalue weighted by atomic mass is 9.98. The van der Waals surface area contributed by atoms with Crippen LogP contribution in [0.2, 0.25) is 0 Å². The largest absolute Gasteiger partial charge is 0.339 e. The van der Waals surface area contributed by atoms with Crippen molar-refractivity contribution in [2.75, 3.05) is 26.2 Å². The Hall–Kier alpha value is -2.27. The van der Waals surface area contributed by atoms with Crippen molar-refractivity contribution in [1.82, 2.24) is 14.8 Å². The van der Waals surface area contributed by atoms with Crippen molar-refractivity contribution in [1.29, 1.82) is 0 Å². The van der Waals surface area contributed by atoms with Gasteiger partial charge in [0.15, 0.2) is 0 Å². The molecule has 4 nitrogen and oxygen atoms in total. The van der Waals surface area contributed by atoms with Crippen molar-refractivity contribution in [3.05, 3.63) is 65.7 Å². The van der Waals surface area contributed by atoms with Crippen molar-refractivity contribution >= 4 is 5.91 Å². The lowest BCUT2D eigenvalue weighted by Crippen LogP contribution is -2.46. The summed E-state index contributed by atoms with van der Waals surface area (Å²) in [5.74, 6) is 0.429. The van der Waals surface area contributed by atoms with Gasteiger partial charge in [-0.1, -0.05) is 12.1 Å². The molecule has 1 aromatic heterocycles. The first-order valence-electron chi connectivity index (χ1n) is 9.39. The molecule has 26 heavy (non-hydrogen) atoms. The van der Waals surface area contributed by atoms with Gasteiger partial charge < -0.3 is 4.90 Å². The molecule has 2 saturated heterocycles. The summed E-state index contributed by atoms with van der Waals surface area (Å²) < 4.78 is 13.1. The van der Waals surface area contributed by atoms with Crippen molar-refractivity contribution in [2.24, 2.45) is 0 Å². The quantitative estimate of drug-likeness (QED) is 0.849. The number of hydrogen-bond acceptors (Lipinski definition) is 3. The van der Waals surface area contributed by atoms with Gasteiger partial charge in [-0.05, 0) is 61.6 Å². The first kappa shape index (κ1) is 17.2. The summed E-state index contributed by atoms with van der Waals surface area (Å²) >= 11 is 0. The van der Waals surface area contributed by atoms with Crippen molar-refractivity contribution in [3.8, 4) is 0 Å². The number of halogens is 1. The number of benzene rings is 1. The molecule has 0 aliphatic carbocycles. The number of rotatable bonds is 3. The molecule has 0 spiro atoms. The third-order valence-electron chi connectivity index (χ3n) is 5.76. The van der Waals surface area contributed by atoms with E-state index in [4.69, 9.17) is 0 Å². The van der Waals surface area contributed by atoms with E-state index < -0.39 is 0 Å². The van der Waals surface area contributed by atoms with Gasteiger partial charge in [0.25, 0.3) is 5.91 Å². The highest BCUT2D eigenvalue weighted by atomic mass is 19.1. The summed E-state index contributed by atoms with van der Waals surface area (Å²) in [4.78, 5) is 21.0. The second-order valence-electron chi connectivity index (χ2n) is 7.29. The number of likely N-dealkylation sites (tertiary alicyclic amines) is 2. The highest BCUT2D eigenvalue weighted by molar-refractivity contribution is 5.94. The van der Waals surface area contributed by atoms with E-state index in [1.54, 1.807) is 36.7 Å². The first-order valence-corrected chi connectivity index (χ1v) is 9.39. The van der Waals surface area contributed by atoms with Crippen LogP contribution >= 0.6 is 0 Å². The molecule has 2 aromatic rings. The zero-order chi connectivity index (χ0) is 17.9. The Kier molecular flexibility index (Phi) is 4.98. The van der Waals surface area contributed by atoms with E-state index >= 15 is 0 Å². The smallest absolute Gasteiger partial charge is 0.253 e. The van der Waals surface area contributed by atoms with E-state index in [-0.39, 0.29) is 11.7 Å². The fourth-order valence-electron chi connectivity index (χ4n) is 4.24. The average Bonchev–Trinajstić information content (AvgIpc) is 3.19. The minimum Gasteiger partial charge on any atom is -0.339 e. The minimum absolute atomic E-state index is 0.108. The molecular formula is C21H24FN3O. The van der Waals surface area contributed by atoms with Crippen molar-refractivity contribution in [2.45, 2.75) is 31.2 Å². The van der Waals surface area contributed by atoms with Crippen LogP contribution in [0.15, 0.2) is 48.8 Å². The van der Waals surface area contributed by atoms with E-state index in [9.17, 15) is 9.18 Å². The monoisotopic (exact) mass is 353 g/mol. The molecule has 0 radical (unpaired) electrons. The lowest BCUT2D eigenvalue weighted by molar-refractivity contribution is 0.0643. The van der Waals surface area contributed by atoms with Crippen molar-refractivity contribution < 1.29 is 9.18 Å². The predicted molar refractivity (Wildman–Crippen MR) is 98.5 cm³/mol. The molecule has 2 aliphatic rings. The van der Waals surface area contributed by atoms with E-state index in [2.05, 4.69) is 9.88 Å². The highest BCUT2D eigenvalue weighted by Crippen LogP contribution is 2.31. The molecule has 1 amide bonds. The maximum atomic E-state index is 13.1. The third-order valence-corrected chi connectivity index (χ3v) is 5.76. The number of aromatic nitrogens is 1. The Morgan fingerprint density at radius 3 is 2.35 bits per heavy atom. The van der Waals surface area contributed by atoms with Crippen LogP contribution in [0.5, 0.6) is 0 Å². The summed E-state index contributed by atoms with van der Waals surface area (Å²) in [7, 11) is 0. The summed E-state index contributed by atoms with van der Waals surface area (Å²) in [5.41, 5.74) is 1.95. The van der Waals surface area contributed by atoms with Crippen LogP contribution in [-0.4, -0.2) is 52.9 Å². The molecule has 2 fully saturated rings. The maximum absolute atomic E-state index is 13.1. The normalized spacial score (nSPS) is 21.9. The van der Waals surface area contributed by atoms with Crippen LogP contribution in [0.3, 0.4) is 0 Å². The molecule has 5 heteroatoms. The second-order valence-corrected chi connectivity index (χ2v) is 7.29. The fraction of sp³-hybridized carbons (Fsp3) is 0.429. The van der Waals surface area contributed by atoms with Crippen LogP contribution in [0.4, 0.5) is 4.39 Å². The first-order chi connectivity index (χ1) is 12.7. The predicted octanol–water partition coefficient (Wildman–Crippen LogP) is 3.31. The molecule has 3 heterocycles. The Morgan fingerprint density at radius 1 is 0.962 bits per heavy atom. The number of carbonyl (C=O) groups excluding carboxylic acids is 1. The fourth-order valence-corrected chi connectivity index (χ4v) is 4.24. The number of nitrogens with zero attached hydrogens (tertiary/aromatic N) is 3. The number of piperidine rings is 1. The van der Waals surface area contributed by atoms with Gasteiger partial charge in [0.1, 0.15) is 5.82 Å². The van der Waals surface area contributed by atoms with Crippen LogP contribution < -0.4 is 0 Å². The molecule has 2 aliphatic heterocycles. The van der Waals surface area contributed by atoms with Crippen LogP contribution in [0.25, 0.3) is 0 Å². The van der Waals surface area contributed by atoms with Gasteiger partial charge in [-0.25, -0.2) is 4.39 Å². The van der Waals surface area contributed by atoms with E-state index in [0.29, 0.717) is 12.0 Å². The van der Waals surface area contributed by atoms with Gasteiger partial charge in [0.2, 0.25) is 0 Å². The van der Waals surface area contributed by atoms with Gasteiger partial charge in [-0.2, -0.15) is 0 Å². The van der Waals surface area contributed by atoms with E-state index in [1.165, 1.54) is 5.56 Å². The van der Waals surface area contributed by atoms with Crippen LogP contribution in [0, 0.1) is 5.82 Å². The van der Waals surface area contributed by atoms with E-state index in [0.717, 1.165) is 51.0 Å². The van der Waals surface area contributed by atoms with Gasteiger partial charge >= 0.3 is 0 Å². The van der Waals surface area contributed by atoms with Crippen LogP contribution in [-0.2, 0) is 0 Å². The van der Waals surface area contributed by atoms with Gasteiger partial charge in [-0.3, -0.25) is 14.7 Å². The Morgan fingerprint density at radius 2 is 1.65 bits per heavy atom. The van der Waals surface area contributed by atoms with Gasteiger partial charge in [0, 0.05) is 43.6 Å². The molecule has 1 atom stereocenters. The second kappa shape index (κ2) is 7.54. The van der Waals surface area contributed by atoms with Gasteiger partial charge in [-0.15, -0.1) is 0 Å². The number of amides is 1. The molecule has 1 unspecified atom stereocenters. The third kappa shape index (κ3) is 3.63. The molecule has 4 rings (SSSR count). The van der Waals surface area contributed by atoms with Gasteiger partial charge in [0.05, 0.1) is 0 Å². The standard InChI is InChI=1S/C21H24FN3O/c22-19-3-1-16(2-4-19)18-7-12-25(15-18)20-8-13-24(14-9-20)21(26)17-5-10-23-11-6-17/h1-6,10-11,18,20H,7-9,12-15H2. The summed E-state index contributed by atoms with van der Waals surface area (Å²) in [6.07, 6.45) is 6.50. The Labute approximate surface area is 153 Å². The zero-order valence-corrected chi connectivity index (χ0v) is 14.9. The zero-order valence-electron chi connectivity index (χ0n) is 14.9. The topological polar surface area (TPSA) is 36.4 Å². The molecule has 136 valence electrons. The lowest BCUT2D eigenvalue weighted by Gasteiger charge is -2.37. The SMILES string of the molecule is O=C(c1ccncc1)N1CCC(N2CCC(c3ccc(F)cc3)C2)CC1. The Balaban J connectivity index is 1.31.